The number of hydrogen-bond acceptors (Lipinski definition) is 5. The zero-order chi connectivity index (χ0) is 17.5. The van der Waals surface area contributed by atoms with Gasteiger partial charge in [0.15, 0.2) is 0 Å². The molecular formula is C18H24N2O2S2. The summed E-state index contributed by atoms with van der Waals surface area (Å²) >= 11 is 3.36. The molecule has 2 aromatic rings. The lowest BCUT2D eigenvalue weighted by molar-refractivity contribution is 0.0208. The van der Waals surface area contributed by atoms with E-state index < -0.39 is 5.60 Å². The van der Waals surface area contributed by atoms with Crippen LogP contribution >= 0.6 is 22.7 Å². The van der Waals surface area contributed by atoms with Crippen molar-refractivity contribution in [3.8, 4) is 10.6 Å². The standard InChI is InChI=1S/C18H24N2O2S2/c1-11-6-8-20(17(21)22-18(3,4)5)14(11)16-19-13(10-24-16)15-12(2)7-9-23-15/h7,9-11,14H,6,8H2,1-5H3/t11-,14-/m0/s1. The van der Waals surface area contributed by atoms with E-state index in [2.05, 4.69) is 30.7 Å². The quantitative estimate of drug-likeness (QED) is 0.707. The molecule has 130 valence electrons. The van der Waals surface area contributed by atoms with E-state index in [1.54, 1.807) is 22.7 Å². The summed E-state index contributed by atoms with van der Waals surface area (Å²) in [6.45, 7) is 10.7. The first-order valence-corrected chi connectivity index (χ1v) is 10.0. The summed E-state index contributed by atoms with van der Waals surface area (Å²) in [4.78, 5) is 20.5. The van der Waals surface area contributed by atoms with Gasteiger partial charge in [-0.15, -0.1) is 22.7 Å². The lowest BCUT2D eigenvalue weighted by atomic mass is 10.0. The van der Waals surface area contributed by atoms with Crippen LogP contribution in [-0.4, -0.2) is 28.1 Å². The largest absolute Gasteiger partial charge is 0.444 e. The summed E-state index contributed by atoms with van der Waals surface area (Å²) < 4.78 is 5.59. The van der Waals surface area contributed by atoms with E-state index in [-0.39, 0.29) is 12.1 Å². The van der Waals surface area contributed by atoms with Crippen LogP contribution in [0.5, 0.6) is 0 Å². The van der Waals surface area contributed by atoms with Crippen molar-refractivity contribution in [2.24, 2.45) is 5.92 Å². The number of hydrogen-bond donors (Lipinski definition) is 0. The van der Waals surface area contributed by atoms with E-state index >= 15 is 0 Å². The first-order chi connectivity index (χ1) is 11.3. The molecule has 0 spiro atoms. The highest BCUT2D eigenvalue weighted by molar-refractivity contribution is 7.14. The molecule has 0 saturated carbocycles. The molecule has 1 saturated heterocycles. The summed E-state index contributed by atoms with van der Waals surface area (Å²) in [7, 11) is 0. The molecule has 0 N–H and O–H groups in total. The van der Waals surface area contributed by atoms with Crippen LogP contribution in [0.4, 0.5) is 4.79 Å². The fourth-order valence-electron chi connectivity index (χ4n) is 3.01. The number of thiophene rings is 1. The van der Waals surface area contributed by atoms with E-state index in [0.717, 1.165) is 23.7 Å². The Labute approximate surface area is 151 Å². The smallest absolute Gasteiger partial charge is 0.410 e. The lowest BCUT2D eigenvalue weighted by Crippen LogP contribution is -2.37. The van der Waals surface area contributed by atoms with Gasteiger partial charge in [0, 0.05) is 11.9 Å². The Morgan fingerprint density at radius 2 is 2.12 bits per heavy atom. The van der Waals surface area contributed by atoms with Crippen molar-refractivity contribution in [3.63, 3.8) is 0 Å². The van der Waals surface area contributed by atoms with Crippen molar-refractivity contribution in [2.45, 2.75) is 52.7 Å². The third-order valence-corrected chi connectivity index (χ3v) is 6.15. The van der Waals surface area contributed by atoms with Crippen molar-refractivity contribution < 1.29 is 9.53 Å². The summed E-state index contributed by atoms with van der Waals surface area (Å²) in [5.41, 5.74) is 1.79. The maximum absolute atomic E-state index is 12.6. The number of nitrogens with zero attached hydrogens (tertiary/aromatic N) is 2. The van der Waals surface area contributed by atoms with Gasteiger partial charge in [-0.3, -0.25) is 4.90 Å². The molecule has 1 fully saturated rings. The van der Waals surface area contributed by atoms with Gasteiger partial charge in [0.2, 0.25) is 0 Å². The third-order valence-electron chi connectivity index (χ3n) is 4.20. The molecule has 1 aliphatic heterocycles. The van der Waals surface area contributed by atoms with E-state index in [9.17, 15) is 4.79 Å². The van der Waals surface area contributed by atoms with Crippen molar-refractivity contribution in [2.75, 3.05) is 6.54 Å². The maximum atomic E-state index is 12.6. The van der Waals surface area contributed by atoms with Crippen LogP contribution in [0, 0.1) is 12.8 Å². The second-order valence-corrected chi connectivity index (χ2v) is 9.19. The SMILES string of the molecule is Cc1ccsc1-c1csc([C@@H]2[C@@H](C)CCN2C(=O)OC(C)(C)C)n1. The minimum atomic E-state index is -0.477. The fourth-order valence-corrected chi connectivity index (χ4v) is 5.03. The van der Waals surface area contributed by atoms with E-state index in [0.29, 0.717) is 5.92 Å². The van der Waals surface area contributed by atoms with Crippen LogP contribution in [0.3, 0.4) is 0 Å². The molecule has 0 aromatic carbocycles. The number of thiazole rings is 1. The van der Waals surface area contributed by atoms with Gasteiger partial charge in [0.05, 0.1) is 16.6 Å². The van der Waals surface area contributed by atoms with Gasteiger partial charge >= 0.3 is 6.09 Å². The molecule has 0 bridgehead atoms. The number of ether oxygens (including phenoxy) is 1. The van der Waals surface area contributed by atoms with Gasteiger partial charge < -0.3 is 4.74 Å². The highest BCUT2D eigenvalue weighted by Gasteiger charge is 2.39. The lowest BCUT2D eigenvalue weighted by Gasteiger charge is -2.28. The van der Waals surface area contributed by atoms with Gasteiger partial charge in [-0.1, -0.05) is 6.92 Å². The molecule has 4 nitrogen and oxygen atoms in total. The number of carbonyl (C=O) groups is 1. The van der Waals surface area contributed by atoms with Crippen molar-refractivity contribution >= 4 is 28.8 Å². The zero-order valence-electron chi connectivity index (χ0n) is 14.8. The molecule has 6 heteroatoms. The average molecular weight is 365 g/mol. The molecule has 0 radical (unpaired) electrons. The highest BCUT2D eigenvalue weighted by atomic mass is 32.1. The van der Waals surface area contributed by atoms with Gasteiger partial charge in [0.25, 0.3) is 0 Å². The number of rotatable bonds is 2. The summed E-state index contributed by atoms with van der Waals surface area (Å²) in [5, 5.41) is 5.20. The molecule has 0 unspecified atom stereocenters. The van der Waals surface area contributed by atoms with Crippen LogP contribution in [0.2, 0.25) is 0 Å². The van der Waals surface area contributed by atoms with Crippen LogP contribution in [0.1, 0.15) is 50.7 Å². The second-order valence-electron chi connectivity index (χ2n) is 7.39. The Kier molecular flexibility index (Phi) is 4.71. The predicted octanol–water partition coefficient (Wildman–Crippen LogP) is 5.50. The molecule has 3 rings (SSSR count). The van der Waals surface area contributed by atoms with Crippen molar-refractivity contribution in [1.82, 2.24) is 9.88 Å². The molecule has 0 aliphatic carbocycles. The van der Waals surface area contributed by atoms with Gasteiger partial charge in [-0.2, -0.15) is 0 Å². The third kappa shape index (κ3) is 3.49. The second kappa shape index (κ2) is 6.48. The topological polar surface area (TPSA) is 42.4 Å². The molecule has 1 aliphatic rings. The van der Waals surface area contributed by atoms with Crippen LogP contribution in [0.15, 0.2) is 16.8 Å². The average Bonchev–Trinajstić information content (AvgIpc) is 3.15. The zero-order valence-corrected chi connectivity index (χ0v) is 16.5. The Hall–Kier alpha value is -1.40. The fraction of sp³-hybridized carbons (Fsp3) is 0.556. The predicted molar refractivity (Wildman–Crippen MR) is 99.6 cm³/mol. The molecule has 2 aromatic heterocycles. The maximum Gasteiger partial charge on any atom is 0.410 e. The number of aromatic nitrogens is 1. The molecule has 2 atom stereocenters. The number of likely N-dealkylation sites (tertiary alicyclic amines) is 1. The van der Waals surface area contributed by atoms with Crippen LogP contribution in [0.25, 0.3) is 10.6 Å². The van der Waals surface area contributed by atoms with Gasteiger partial charge in [0.1, 0.15) is 10.6 Å². The van der Waals surface area contributed by atoms with E-state index in [1.807, 2.05) is 25.7 Å². The van der Waals surface area contributed by atoms with Crippen molar-refractivity contribution in [1.29, 1.82) is 0 Å². The van der Waals surface area contributed by atoms with Crippen molar-refractivity contribution in [3.05, 3.63) is 27.4 Å². The monoisotopic (exact) mass is 364 g/mol. The molecule has 24 heavy (non-hydrogen) atoms. The van der Waals surface area contributed by atoms with E-state index in [1.165, 1.54) is 10.4 Å². The molecule has 1 amide bonds. The summed E-state index contributed by atoms with van der Waals surface area (Å²) in [6.07, 6.45) is 0.748. The number of aryl methyl sites for hydroxylation is 1. The van der Waals surface area contributed by atoms with Gasteiger partial charge in [-0.25, -0.2) is 9.78 Å². The van der Waals surface area contributed by atoms with Crippen LogP contribution < -0.4 is 0 Å². The number of amides is 1. The normalized spacial score (nSPS) is 21.3. The summed E-state index contributed by atoms with van der Waals surface area (Å²) in [6, 6.07) is 2.13. The Balaban J connectivity index is 1.85. The Bertz CT molecular complexity index is 729. The molecular weight excluding hydrogens is 340 g/mol. The minimum Gasteiger partial charge on any atom is -0.444 e. The first-order valence-electron chi connectivity index (χ1n) is 8.26. The minimum absolute atomic E-state index is 0.0128. The summed E-state index contributed by atoms with van der Waals surface area (Å²) in [5.74, 6) is 0.390. The molecule has 3 heterocycles. The Morgan fingerprint density at radius 1 is 1.38 bits per heavy atom. The number of carbonyl (C=O) groups excluding carboxylic acids is 1. The first kappa shape index (κ1) is 17.4. The van der Waals surface area contributed by atoms with E-state index in [4.69, 9.17) is 9.72 Å². The van der Waals surface area contributed by atoms with Gasteiger partial charge in [-0.05, 0) is 57.0 Å². The Morgan fingerprint density at radius 3 is 2.75 bits per heavy atom. The van der Waals surface area contributed by atoms with Crippen LogP contribution in [-0.2, 0) is 4.74 Å². The highest BCUT2D eigenvalue weighted by Crippen LogP contribution is 2.41.